The van der Waals surface area contributed by atoms with E-state index < -0.39 is 0 Å². The van der Waals surface area contributed by atoms with Gasteiger partial charge in [0, 0.05) is 33.3 Å². The van der Waals surface area contributed by atoms with Crippen LogP contribution in [0.2, 0.25) is 5.02 Å². The van der Waals surface area contributed by atoms with Crippen LogP contribution in [-0.2, 0) is 9.47 Å². The lowest BCUT2D eigenvalue weighted by Gasteiger charge is -2.26. The second kappa shape index (κ2) is 6.83. The lowest BCUT2D eigenvalue weighted by Crippen LogP contribution is -2.34. The molecule has 102 valence electrons. The third-order valence-electron chi connectivity index (χ3n) is 2.70. The van der Waals surface area contributed by atoms with Gasteiger partial charge in [0.2, 0.25) is 0 Å². The Bertz CT molecular complexity index is 381. The molecule has 1 aromatic carbocycles. The van der Waals surface area contributed by atoms with Gasteiger partial charge in [-0.1, -0.05) is 11.6 Å². The summed E-state index contributed by atoms with van der Waals surface area (Å²) in [5.41, 5.74) is 2.02. The lowest BCUT2D eigenvalue weighted by molar-refractivity contribution is -0.109. The number of hydrogen-bond acceptors (Lipinski definition) is 4. The Morgan fingerprint density at radius 3 is 2.33 bits per heavy atom. The summed E-state index contributed by atoms with van der Waals surface area (Å²) in [6.45, 7) is 2.00. The molecule has 0 aliphatic rings. The zero-order valence-electron chi connectivity index (χ0n) is 11.5. The fraction of sp³-hybridized carbons (Fsp3) is 0.538. The van der Waals surface area contributed by atoms with Gasteiger partial charge >= 0.3 is 0 Å². The van der Waals surface area contributed by atoms with Gasteiger partial charge in [-0.15, -0.1) is 0 Å². The number of halogens is 1. The minimum atomic E-state index is -0.306. The molecule has 0 fully saturated rings. The van der Waals surface area contributed by atoms with E-state index in [0.717, 1.165) is 11.4 Å². The van der Waals surface area contributed by atoms with Gasteiger partial charge in [0.1, 0.15) is 0 Å². The Balaban J connectivity index is 2.91. The van der Waals surface area contributed by atoms with Gasteiger partial charge in [-0.05, 0) is 25.1 Å². The quantitative estimate of drug-likeness (QED) is 0.808. The van der Waals surface area contributed by atoms with Gasteiger partial charge in [0.25, 0.3) is 0 Å². The molecule has 0 aromatic heterocycles. The third kappa shape index (κ3) is 3.77. The van der Waals surface area contributed by atoms with Crippen molar-refractivity contribution in [2.75, 3.05) is 38.5 Å². The number of hydrogen-bond donors (Lipinski definition) is 1. The number of ether oxygens (including phenoxy) is 2. The van der Waals surface area contributed by atoms with Gasteiger partial charge in [-0.2, -0.15) is 0 Å². The van der Waals surface area contributed by atoms with Crippen LogP contribution in [0, 0.1) is 0 Å². The number of nitrogens with one attached hydrogen (secondary N) is 1. The van der Waals surface area contributed by atoms with Crippen molar-refractivity contribution in [2.24, 2.45) is 0 Å². The first-order valence-corrected chi connectivity index (χ1v) is 6.16. The molecule has 1 aromatic rings. The highest BCUT2D eigenvalue weighted by atomic mass is 35.5. The molecule has 18 heavy (non-hydrogen) atoms. The van der Waals surface area contributed by atoms with E-state index in [2.05, 4.69) is 5.32 Å². The van der Waals surface area contributed by atoms with Gasteiger partial charge in [-0.25, -0.2) is 0 Å². The summed E-state index contributed by atoms with van der Waals surface area (Å²) in [7, 11) is 7.22. The maximum atomic E-state index is 6.03. The van der Waals surface area contributed by atoms with Crippen molar-refractivity contribution < 1.29 is 9.47 Å². The first-order valence-electron chi connectivity index (χ1n) is 5.78. The van der Waals surface area contributed by atoms with Crippen LogP contribution in [0.15, 0.2) is 18.2 Å². The zero-order chi connectivity index (χ0) is 13.7. The van der Waals surface area contributed by atoms with Gasteiger partial charge in [0.15, 0.2) is 6.29 Å². The average Bonchev–Trinajstić information content (AvgIpc) is 2.30. The Labute approximate surface area is 114 Å². The fourth-order valence-electron chi connectivity index (χ4n) is 1.83. The van der Waals surface area contributed by atoms with E-state index in [1.807, 2.05) is 44.1 Å². The monoisotopic (exact) mass is 272 g/mol. The van der Waals surface area contributed by atoms with Gasteiger partial charge < -0.3 is 19.7 Å². The van der Waals surface area contributed by atoms with Crippen LogP contribution in [0.5, 0.6) is 0 Å². The van der Waals surface area contributed by atoms with Crippen molar-refractivity contribution >= 4 is 23.0 Å². The molecule has 0 aliphatic heterocycles. The molecule has 1 N–H and O–H groups in total. The summed E-state index contributed by atoms with van der Waals surface area (Å²) in [6, 6.07) is 5.76. The number of nitrogens with zero attached hydrogens (tertiary/aromatic N) is 1. The smallest absolute Gasteiger partial charge is 0.176 e. The van der Waals surface area contributed by atoms with E-state index in [9.17, 15) is 0 Å². The molecular formula is C13H21ClN2O2. The molecule has 0 bridgehead atoms. The average molecular weight is 273 g/mol. The Hall–Kier alpha value is -0.970. The molecule has 1 atom stereocenters. The molecule has 0 aliphatic carbocycles. The summed E-state index contributed by atoms with van der Waals surface area (Å²) in [4.78, 5) is 2.03. The summed E-state index contributed by atoms with van der Waals surface area (Å²) < 4.78 is 10.5. The van der Waals surface area contributed by atoms with Crippen molar-refractivity contribution in [3.05, 3.63) is 23.2 Å². The summed E-state index contributed by atoms with van der Waals surface area (Å²) in [6.07, 6.45) is -0.306. The van der Waals surface area contributed by atoms with E-state index in [1.165, 1.54) is 0 Å². The molecule has 0 heterocycles. The van der Waals surface area contributed by atoms with Crippen molar-refractivity contribution in [1.82, 2.24) is 0 Å². The molecule has 1 rings (SSSR count). The van der Waals surface area contributed by atoms with Crippen LogP contribution in [-0.4, -0.2) is 40.6 Å². The molecule has 5 heteroatoms. The maximum Gasteiger partial charge on any atom is 0.176 e. The Morgan fingerprint density at radius 1 is 1.22 bits per heavy atom. The summed E-state index contributed by atoms with van der Waals surface area (Å²) >= 11 is 6.03. The molecule has 1 unspecified atom stereocenters. The SMILES string of the molecule is COC(OC)C(C)Nc1cc(Cl)ccc1N(C)C. The molecule has 0 radical (unpaired) electrons. The second-order valence-corrected chi connectivity index (χ2v) is 4.77. The van der Waals surface area contributed by atoms with Crippen LogP contribution in [0.4, 0.5) is 11.4 Å². The first-order chi connectivity index (χ1) is 8.49. The minimum Gasteiger partial charge on any atom is -0.376 e. The predicted octanol–water partition coefficient (Wildman–Crippen LogP) is 2.83. The van der Waals surface area contributed by atoms with Crippen LogP contribution in [0.3, 0.4) is 0 Å². The fourth-order valence-corrected chi connectivity index (χ4v) is 2.00. The largest absolute Gasteiger partial charge is 0.376 e. The molecule has 0 amide bonds. The molecule has 0 saturated carbocycles. The van der Waals surface area contributed by atoms with E-state index in [4.69, 9.17) is 21.1 Å². The number of methoxy groups -OCH3 is 2. The van der Waals surface area contributed by atoms with E-state index in [0.29, 0.717) is 5.02 Å². The van der Waals surface area contributed by atoms with E-state index in [-0.39, 0.29) is 12.3 Å². The van der Waals surface area contributed by atoms with Crippen LogP contribution in [0.1, 0.15) is 6.92 Å². The van der Waals surface area contributed by atoms with Crippen molar-refractivity contribution in [3.63, 3.8) is 0 Å². The minimum absolute atomic E-state index is 0.0113. The van der Waals surface area contributed by atoms with Crippen molar-refractivity contribution in [1.29, 1.82) is 0 Å². The molecular weight excluding hydrogens is 252 g/mol. The van der Waals surface area contributed by atoms with Crippen LogP contribution < -0.4 is 10.2 Å². The third-order valence-corrected chi connectivity index (χ3v) is 2.93. The second-order valence-electron chi connectivity index (χ2n) is 4.33. The number of anilines is 2. The summed E-state index contributed by atoms with van der Waals surface area (Å²) in [5.74, 6) is 0. The normalized spacial score (nSPS) is 12.6. The standard InChI is InChI=1S/C13H21ClN2O2/c1-9(13(17-4)18-5)15-11-8-10(14)6-7-12(11)16(2)3/h6-9,13,15H,1-5H3. The van der Waals surface area contributed by atoms with Crippen molar-refractivity contribution in [3.8, 4) is 0 Å². The molecule has 4 nitrogen and oxygen atoms in total. The van der Waals surface area contributed by atoms with Crippen molar-refractivity contribution in [2.45, 2.75) is 19.3 Å². The van der Waals surface area contributed by atoms with Gasteiger partial charge in [-0.3, -0.25) is 0 Å². The van der Waals surface area contributed by atoms with Crippen LogP contribution >= 0.6 is 11.6 Å². The highest BCUT2D eigenvalue weighted by Crippen LogP contribution is 2.28. The van der Waals surface area contributed by atoms with E-state index >= 15 is 0 Å². The highest BCUT2D eigenvalue weighted by molar-refractivity contribution is 6.31. The topological polar surface area (TPSA) is 33.7 Å². The lowest BCUT2D eigenvalue weighted by atomic mass is 10.2. The zero-order valence-corrected chi connectivity index (χ0v) is 12.3. The van der Waals surface area contributed by atoms with Crippen LogP contribution in [0.25, 0.3) is 0 Å². The Kier molecular flexibility index (Phi) is 5.72. The number of benzene rings is 1. The van der Waals surface area contributed by atoms with Gasteiger partial charge in [0.05, 0.1) is 17.4 Å². The maximum absolute atomic E-state index is 6.03. The number of rotatable bonds is 6. The highest BCUT2D eigenvalue weighted by Gasteiger charge is 2.17. The predicted molar refractivity (Wildman–Crippen MR) is 76.7 cm³/mol. The molecule has 0 saturated heterocycles. The van der Waals surface area contributed by atoms with E-state index in [1.54, 1.807) is 14.2 Å². The molecule has 0 spiro atoms. The first kappa shape index (κ1) is 15.1. The Morgan fingerprint density at radius 2 is 1.83 bits per heavy atom. The summed E-state index contributed by atoms with van der Waals surface area (Å²) in [5, 5.41) is 4.05.